The van der Waals surface area contributed by atoms with E-state index in [0.717, 1.165) is 6.42 Å². The van der Waals surface area contributed by atoms with Crippen LogP contribution in [0.2, 0.25) is 0 Å². The van der Waals surface area contributed by atoms with Crippen molar-refractivity contribution < 1.29 is 0 Å². The van der Waals surface area contributed by atoms with E-state index in [-0.39, 0.29) is 0 Å². The Labute approximate surface area is 61.2 Å². The zero-order valence-corrected chi connectivity index (χ0v) is 5.80. The van der Waals surface area contributed by atoms with E-state index >= 15 is 0 Å². The maximum absolute atomic E-state index is 7.20. The van der Waals surface area contributed by atoms with Crippen LogP contribution < -0.4 is 5.73 Å². The molecular formula is C9H10N. The van der Waals surface area contributed by atoms with Crippen molar-refractivity contribution in [3.8, 4) is 0 Å². The molecule has 0 saturated carbocycles. The Morgan fingerprint density at radius 2 is 1.90 bits per heavy atom. The van der Waals surface area contributed by atoms with Crippen molar-refractivity contribution in [1.82, 2.24) is 5.73 Å². The van der Waals surface area contributed by atoms with Crippen LogP contribution in [-0.2, 0) is 6.42 Å². The molecule has 0 bridgehead atoms. The van der Waals surface area contributed by atoms with E-state index in [2.05, 4.69) is 6.58 Å². The van der Waals surface area contributed by atoms with Gasteiger partial charge in [0.05, 0.1) is 5.69 Å². The third-order valence-corrected chi connectivity index (χ3v) is 1.33. The molecule has 0 heterocycles. The molecule has 51 valence electrons. The second-order valence-corrected chi connectivity index (χ2v) is 2.19. The van der Waals surface area contributed by atoms with Gasteiger partial charge in [0.2, 0.25) is 0 Å². The Kier molecular flexibility index (Phi) is 2.11. The topological polar surface area (TPSA) is 23.8 Å². The van der Waals surface area contributed by atoms with Gasteiger partial charge < -0.3 is 5.73 Å². The highest BCUT2D eigenvalue weighted by Gasteiger charge is 1.87. The summed E-state index contributed by atoms with van der Waals surface area (Å²) in [6.07, 6.45) is 2.75. The van der Waals surface area contributed by atoms with Crippen LogP contribution in [0, 0.1) is 0 Å². The lowest BCUT2D eigenvalue weighted by atomic mass is 10.1. The number of nitrogens with one attached hydrogen (secondary N) is 1. The largest absolute Gasteiger partial charge is 0.301 e. The number of rotatable bonds is 2. The molecule has 0 aliphatic rings. The lowest BCUT2D eigenvalue weighted by molar-refractivity contribution is 1.27. The zero-order chi connectivity index (χ0) is 7.40. The van der Waals surface area contributed by atoms with Crippen molar-refractivity contribution in [3.63, 3.8) is 0 Å². The van der Waals surface area contributed by atoms with E-state index in [1.807, 2.05) is 18.2 Å². The normalized spacial score (nSPS) is 9.20. The molecule has 1 aromatic carbocycles. The molecule has 0 aromatic heterocycles. The molecule has 0 aliphatic heterocycles. The van der Waals surface area contributed by atoms with Crippen LogP contribution in [0.15, 0.2) is 36.9 Å². The predicted molar refractivity (Wildman–Crippen MR) is 43.1 cm³/mol. The van der Waals surface area contributed by atoms with E-state index in [1.54, 1.807) is 12.1 Å². The summed E-state index contributed by atoms with van der Waals surface area (Å²) in [4.78, 5) is 0. The summed E-state index contributed by atoms with van der Waals surface area (Å²) < 4.78 is 0. The van der Waals surface area contributed by atoms with Gasteiger partial charge in [-0.2, -0.15) is 0 Å². The summed E-state index contributed by atoms with van der Waals surface area (Å²) in [6, 6.07) is 7.48. The molecule has 10 heavy (non-hydrogen) atoms. The minimum Gasteiger partial charge on any atom is -0.301 e. The van der Waals surface area contributed by atoms with Gasteiger partial charge in [-0.05, 0) is 24.1 Å². The van der Waals surface area contributed by atoms with Crippen LogP contribution in [0.25, 0.3) is 0 Å². The maximum atomic E-state index is 7.20. The van der Waals surface area contributed by atoms with E-state index in [0.29, 0.717) is 5.69 Å². The number of hydrogen-bond acceptors (Lipinski definition) is 0. The standard InChI is InChI=1S/C9H10N/c1-2-3-8-4-6-9(10)7-5-8/h2,4-7,10H,1,3H2. The lowest BCUT2D eigenvalue weighted by Gasteiger charge is -1.94. The van der Waals surface area contributed by atoms with Crippen molar-refractivity contribution >= 4 is 5.69 Å². The molecule has 0 aliphatic carbocycles. The molecule has 1 nitrogen and oxygen atoms in total. The van der Waals surface area contributed by atoms with Crippen LogP contribution in [0.3, 0.4) is 0 Å². The van der Waals surface area contributed by atoms with Gasteiger partial charge >= 0.3 is 0 Å². The van der Waals surface area contributed by atoms with Crippen LogP contribution in [0.1, 0.15) is 5.56 Å². The molecule has 1 heteroatoms. The fourth-order valence-corrected chi connectivity index (χ4v) is 0.807. The molecule has 0 saturated heterocycles. The summed E-state index contributed by atoms with van der Waals surface area (Å²) in [7, 11) is 0. The number of hydrogen-bond donors (Lipinski definition) is 0. The summed E-state index contributed by atoms with van der Waals surface area (Å²) in [5.41, 5.74) is 8.97. The average molecular weight is 132 g/mol. The highest BCUT2D eigenvalue weighted by molar-refractivity contribution is 5.36. The zero-order valence-electron chi connectivity index (χ0n) is 5.80. The Morgan fingerprint density at radius 3 is 2.40 bits per heavy atom. The van der Waals surface area contributed by atoms with Crippen LogP contribution in [0.4, 0.5) is 5.69 Å². The second-order valence-electron chi connectivity index (χ2n) is 2.19. The summed E-state index contributed by atoms with van der Waals surface area (Å²) in [5, 5.41) is 0. The van der Waals surface area contributed by atoms with Crippen molar-refractivity contribution in [2.75, 3.05) is 0 Å². The lowest BCUT2D eigenvalue weighted by Crippen LogP contribution is -1.78. The Hall–Kier alpha value is -1.24. The molecule has 1 aromatic rings. The fraction of sp³-hybridized carbons (Fsp3) is 0.111. The second kappa shape index (κ2) is 3.06. The molecule has 0 amide bonds. The SMILES string of the molecule is C=CCc1ccc([NH])cc1. The van der Waals surface area contributed by atoms with E-state index < -0.39 is 0 Å². The van der Waals surface area contributed by atoms with Gasteiger partial charge in [0.25, 0.3) is 0 Å². The first-order chi connectivity index (χ1) is 4.83. The van der Waals surface area contributed by atoms with Crippen LogP contribution in [0.5, 0.6) is 0 Å². The molecule has 0 unspecified atom stereocenters. The predicted octanol–water partition coefficient (Wildman–Crippen LogP) is 2.33. The first-order valence-electron chi connectivity index (χ1n) is 3.24. The van der Waals surface area contributed by atoms with Gasteiger partial charge in [-0.1, -0.05) is 18.2 Å². The Morgan fingerprint density at radius 1 is 1.30 bits per heavy atom. The Balaban J connectivity index is 2.78. The van der Waals surface area contributed by atoms with Gasteiger partial charge in [-0.3, -0.25) is 0 Å². The van der Waals surface area contributed by atoms with E-state index in [9.17, 15) is 0 Å². The summed E-state index contributed by atoms with van der Waals surface area (Å²) >= 11 is 0. The third kappa shape index (κ3) is 1.62. The minimum atomic E-state index is 0.563. The molecule has 0 atom stereocenters. The molecular weight excluding hydrogens is 122 g/mol. The molecule has 1 N–H and O–H groups in total. The summed E-state index contributed by atoms with van der Waals surface area (Å²) in [6.45, 7) is 3.63. The highest BCUT2D eigenvalue weighted by atomic mass is 14.5. The first-order valence-corrected chi connectivity index (χ1v) is 3.24. The van der Waals surface area contributed by atoms with Crippen molar-refractivity contribution in [3.05, 3.63) is 42.5 Å². The molecule has 1 rings (SSSR count). The smallest absolute Gasteiger partial charge is 0.0540 e. The van der Waals surface area contributed by atoms with Crippen LogP contribution >= 0.6 is 0 Å². The van der Waals surface area contributed by atoms with E-state index in [4.69, 9.17) is 5.73 Å². The summed E-state index contributed by atoms with van der Waals surface area (Å²) in [5.74, 6) is 0. The monoisotopic (exact) mass is 132 g/mol. The van der Waals surface area contributed by atoms with Crippen molar-refractivity contribution in [2.24, 2.45) is 0 Å². The third-order valence-electron chi connectivity index (χ3n) is 1.33. The van der Waals surface area contributed by atoms with Gasteiger partial charge in [0, 0.05) is 0 Å². The molecule has 0 fully saturated rings. The van der Waals surface area contributed by atoms with Gasteiger partial charge in [0.1, 0.15) is 0 Å². The van der Waals surface area contributed by atoms with Gasteiger partial charge in [0.15, 0.2) is 0 Å². The number of allylic oxidation sites excluding steroid dienone is 1. The van der Waals surface area contributed by atoms with Gasteiger partial charge in [-0.15, -0.1) is 6.58 Å². The quantitative estimate of drug-likeness (QED) is 0.551. The van der Waals surface area contributed by atoms with Gasteiger partial charge in [-0.25, -0.2) is 0 Å². The highest BCUT2D eigenvalue weighted by Crippen LogP contribution is 2.06. The molecule has 0 spiro atoms. The first kappa shape index (κ1) is 6.87. The fourth-order valence-electron chi connectivity index (χ4n) is 0.807. The number of benzene rings is 1. The average Bonchev–Trinajstić information content (AvgIpc) is 1.95. The maximum Gasteiger partial charge on any atom is 0.0540 e. The van der Waals surface area contributed by atoms with Crippen molar-refractivity contribution in [2.45, 2.75) is 6.42 Å². The molecule has 1 radical (unpaired) electrons. The van der Waals surface area contributed by atoms with Crippen molar-refractivity contribution in [1.29, 1.82) is 0 Å². The Bertz CT molecular complexity index is 211. The van der Waals surface area contributed by atoms with E-state index in [1.165, 1.54) is 5.56 Å². The van der Waals surface area contributed by atoms with Crippen LogP contribution in [-0.4, -0.2) is 0 Å². The minimum absolute atomic E-state index is 0.563.